The lowest BCUT2D eigenvalue weighted by Crippen LogP contribution is -2.41. The van der Waals surface area contributed by atoms with Crippen LogP contribution in [0.2, 0.25) is 0 Å². The highest BCUT2D eigenvalue weighted by molar-refractivity contribution is 6.01. The Morgan fingerprint density at radius 2 is 1.81 bits per heavy atom. The fraction of sp³-hybridized carbons (Fsp3) is 0.500. The largest absolute Gasteiger partial charge is 0.468 e. The zero-order valence-corrected chi connectivity index (χ0v) is 13.3. The first kappa shape index (κ1) is 17.0. The fourth-order valence-corrected chi connectivity index (χ4v) is 1.95. The molecule has 5 heteroatoms. The van der Waals surface area contributed by atoms with Crippen LogP contribution in [0, 0.1) is 0 Å². The van der Waals surface area contributed by atoms with Gasteiger partial charge in [-0.3, -0.25) is 9.59 Å². The standard InChI is InChI=1S/C16H24N2O3/c1-11(2)17-14-9-7-6-8-13(14)16(20)18(12(3)4)10-15(19)21-5/h6-9,11-12,17H,10H2,1-5H3. The van der Waals surface area contributed by atoms with Gasteiger partial charge in [0.05, 0.1) is 12.7 Å². The number of nitrogens with zero attached hydrogens (tertiary/aromatic N) is 1. The van der Waals surface area contributed by atoms with Crippen LogP contribution < -0.4 is 5.32 Å². The van der Waals surface area contributed by atoms with Crippen molar-refractivity contribution in [2.45, 2.75) is 39.8 Å². The normalized spacial score (nSPS) is 10.6. The van der Waals surface area contributed by atoms with Crippen molar-refractivity contribution in [2.75, 3.05) is 19.0 Å². The summed E-state index contributed by atoms with van der Waals surface area (Å²) >= 11 is 0. The fourth-order valence-electron chi connectivity index (χ4n) is 1.95. The van der Waals surface area contributed by atoms with Gasteiger partial charge in [-0.25, -0.2) is 0 Å². The van der Waals surface area contributed by atoms with Gasteiger partial charge in [0.2, 0.25) is 0 Å². The third-order valence-electron chi connectivity index (χ3n) is 3.01. The number of esters is 1. The number of nitrogens with one attached hydrogen (secondary N) is 1. The molecule has 1 aromatic carbocycles. The molecule has 0 radical (unpaired) electrons. The number of rotatable bonds is 6. The zero-order valence-electron chi connectivity index (χ0n) is 13.3. The number of hydrogen-bond donors (Lipinski definition) is 1. The molecule has 0 aliphatic carbocycles. The number of ether oxygens (including phenoxy) is 1. The van der Waals surface area contributed by atoms with Crippen LogP contribution in [0.1, 0.15) is 38.1 Å². The minimum Gasteiger partial charge on any atom is -0.468 e. The molecule has 5 nitrogen and oxygen atoms in total. The average molecular weight is 292 g/mol. The highest BCUT2D eigenvalue weighted by Gasteiger charge is 2.23. The van der Waals surface area contributed by atoms with E-state index in [2.05, 4.69) is 10.1 Å². The molecule has 0 saturated carbocycles. The summed E-state index contributed by atoms with van der Waals surface area (Å²) in [7, 11) is 1.32. The molecular weight excluding hydrogens is 268 g/mol. The number of anilines is 1. The molecule has 0 atom stereocenters. The molecule has 0 spiro atoms. The average Bonchev–Trinajstić information content (AvgIpc) is 2.43. The molecule has 0 aromatic heterocycles. The van der Waals surface area contributed by atoms with Crippen LogP contribution in [-0.4, -0.2) is 42.5 Å². The molecule has 116 valence electrons. The summed E-state index contributed by atoms with van der Waals surface area (Å²) in [5.41, 5.74) is 1.33. The SMILES string of the molecule is COC(=O)CN(C(=O)c1ccccc1NC(C)C)C(C)C. The molecule has 0 heterocycles. The first-order valence-corrected chi connectivity index (χ1v) is 7.10. The third-order valence-corrected chi connectivity index (χ3v) is 3.01. The minimum absolute atomic E-state index is 0.0526. The minimum atomic E-state index is -0.425. The van der Waals surface area contributed by atoms with Crippen molar-refractivity contribution in [3.8, 4) is 0 Å². The van der Waals surface area contributed by atoms with Gasteiger partial charge in [-0.2, -0.15) is 0 Å². The van der Waals surface area contributed by atoms with E-state index in [0.717, 1.165) is 5.69 Å². The summed E-state index contributed by atoms with van der Waals surface area (Å²) in [5, 5.41) is 3.25. The molecule has 0 aliphatic heterocycles. The van der Waals surface area contributed by atoms with E-state index in [1.54, 1.807) is 6.07 Å². The molecular formula is C16H24N2O3. The van der Waals surface area contributed by atoms with Gasteiger partial charge in [-0.1, -0.05) is 12.1 Å². The van der Waals surface area contributed by atoms with Crippen molar-refractivity contribution in [3.05, 3.63) is 29.8 Å². The van der Waals surface area contributed by atoms with Crippen LogP contribution in [0.15, 0.2) is 24.3 Å². The zero-order chi connectivity index (χ0) is 16.0. The molecule has 0 saturated heterocycles. The van der Waals surface area contributed by atoms with Gasteiger partial charge in [0.1, 0.15) is 6.54 Å². The van der Waals surface area contributed by atoms with E-state index in [-0.39, 0.29) is 24.5 Å². The Bertz CT molecular complexity index is 498. The highest BCUT2D eigenvalue weighted by Crippen LogP contribution is 2.19. The maximum absolute atomic E-state index is 12.7. The van der Waals surface area contributed by atoms with Crippen LogP contribution in [0.4, 0.5) is 5.69 Å². The second kappa shape index (κ2) is 7.67. The third kappa shape index (κ3) is 4.77. The van der Waals surface area contributed by atoms with Gasteiger partial charge in [-0.05, 0) is 39.8 Å². The molecule has 0 aliphatic rings. The molecule has 1 N–H and O–H groups in total. The summed E-state index contributed by atoms with van der Waals surface area (Å²) < 4.78 is 4.66. The molecule has 1 aromatic rings. The summed E-state index contributed by atoms with van der Waals surface area (Å²) in [6.07, 6.45) is 0. The topological polar surface area (TPSA) is 58.6 Å². The lowest BCUT2D eigenvalue weighted by Gasteiger charge is -2.27. The lowest BCUT2D eigenvalue weighted by atomic mass is 10.1. The quantitative estimate of drug-likeness (QED) is 0.819. The van der Waals surface area contributed by atoms with Gasteiger partial charge < -0.3 is 15.0 Å². The Morgan fingerprint density at radius 3 is 2.33 bits per heavy atom. The molecule has 0 unspecified atom stereocenters. The van der Waals surface area contributed by atoms with Crippen LogP contribution >= 0.6 is 0 Å². The van der Waals surface area contributed by atoms with Gasteiger partial charge in [0.15, 0.2) is 0 Å². The smallest absolute Gasteiger partial charge is 0.325 e. The van der Waals surface area contributed by atoms with Crippen molar-refractivity contribution in [1.82, 2.24) is 4.90 Å². The first-order valence-electron chi connectivity index (χ1n) is 7.10. The summed E-state index contributed by atoms with van der Waals surface area (Å²) in [4.78, 5) is 25.7. The molecule has 21 heavy (non-hydrogen) atoms. The van der Waals surface area contributed by atoms with Crippen LogP contribution in [0.25, 0.3) is 0 Å². The number of hydrogen-bond acceptors (Lipinski definition) is 4. The predicted molar refractivity (Wildman–Crippen MR) is 83.4 cm³/mol. The van der Waals surface area contributed by atoms with E-state index in [0.29, 0.717) is 5.56 Å². The number of carbonyl (C=O) groups excluding carboxylic acids is 2. The van der Waals surface area contributed by atoms with E-state index < -0.39 is 5.97 Å². The Balaban J connectivity index is 3.06. The van der Waals surface area contributed by atoms with Gasteiger partial charge in [0, 0.05) is 17.8 Å². The Morgan fingerprint density at radius 1 is 1.19 bits per heavy atom. The summed E-state index contributed by atoms with van der Waals surface area (Å²) in [6, 6.07) is 7.44. The van der Waals surface area contributed by atoms with Crippen molar-refractivity contribution < 1.29 is 14.3 Å². The summed E-state index contributed by atoms with van der Waals surface area (Å²) in [5.74, 6) is -0.606. The number of para-hydroxylation sites is 1. The number of amides is 1. The van der Waals surface area contributed by atoms with Crippen molar-refractivity contribution in [3.63, 3.8) is 0 Å². The van der Waals surface area contributed by atoms with Crippen LogP contribution in [0.3, 0.4) is 0 Å². The lowest BCUT2D eigenvalue weighted by molar-refractivity contribution is -0.141. The van der Waals surface area contributed by atoms with E-state index in [4.69, 9.17) is 0 Å². The van der Waals surface area contributed by atoms with E-state index in [1.165, 1.54) is 12.0 Å². The Labute approximate surface area is 126 Å². The molecule has 0 bridgehead atoms. The summed E-state index contributed by atoms with van der Waals surface area (Å²) in [6.45, 7) is 7.72. The number of methoxy groups -OCH3 is 1. The molecule has 0 fully saturated rings. The Kier molecular flexibility index (Phi) is 6.21. The van der Waals surface area contributed by atoms with Crippen LogP contribution in [-0.2, 0) is 9.53 Å². The van der Waals surface area contributed by atoms with Gasteiger partial charge in [0.25, 0.3) is 5.91 Å². The second-order valence-corrected chi connectivity index (χ2v) is 5.45. The first-order chi connectivity index (χ1) is 9.86. The number of carbonyl (C=O) groups is 2. The van der Waals surface area contributed by atoms with Gasteiger partial charge >= 0.3 is 5.97 Å². The predicted octanol–water partition coefficient (Wildman–Crippen LogP) is 2.53. The van der Waals surface area contributed by atoms with E-state index >= 15 is 0 Å². The maximum Gasteiger partial charge on any atom is 0.325 e. The van der Waals surface area contributed by atoms with Gasteiger partial charge in [-0.15, -0.1) is 0 Å². The van der Waals surface area contributed by atoms with E-state index in [9.17, 15) is 9.59 Å². The molecule has 1 rings (SSSR count). The highest BCUT2D eigenvalue weighted by atomic mass is 16.5. The van der Waals surface area contributed by atoms with Crippen molar-refractivity contribution >= 4 is 17.6 Å². The van der Waals surface area contributed by atoms with E-state index in [1.807, 2.05) is 45.9 Å². The second-order valence-electron chi connectivity index (χ2n) is 5.45. The van der Waals surface area contributed by atoms with Crippen molar-refractivity contribution in [2.24, 2.45) is 0 Å². The molecule has 1 amide bonds. The maximum atomic E-state index is 12.7. The van der Waals surface area contributed by atoms with Crippen LogP contribution in [0.5, 0.6) is 0 Å². The number of benzene rings is 1. The van der Waals surface area contributed by atoms with Crippen molar-refractivity contribution in [1.29, 1.82) is 0 Å². The monoisotopic (exact) mass is 292 g/mol. The Hall–Kier alpha value is -2.04.